The molecule has 1 N–H and O–H groups in total. The summed E-state index contributed by atoms with van der Waals surface area (Å²) in [6, 6.07) is 6.47. The van der Waals surface area contributed by atoms with Crippen molar-refractivity contribution in [3.8, 4) is 5.75 Å². The Bertz CT molecular complexity index is 484. The fourth-order valence-electron chi connectivity index (χ4n) is 2.71. The van der Waals surface area contributed by atoms with Crippen LogP contribution in [0.4, 0.5) is 0 Å². The van der Waals surface area contributed by atoms with Crippen LogP contribution >= 0.6 is 0 Å². The normalized spacial score (nSPS) is 16.7. The van der Waals surface area contributed by atoms with Crippen LogP contribution in [0.15, 0.2) is 18.2 Å². The van der Waals surface area contributed by atoms with Gasteiger partial charge >= 0.3 is 0 Å². The van der Waals surface area contributed by atoms with E-state index < -0.39 is 6.10 Å². The van der Waals surface area contributed by atoms with Gasteiger partial charge in [0.2, 0.25) is 0 Å². The van der Waals surface area contributed by atoms with E-state index in [9.17, 15) is 4.79 Å². The standard InChI is InChI=1S/C18H27NO2/c1-4-13(3)19-18(20)17(5-2)21-16-11-10-14-8-6-7-9-15(14)12-16/h10-13,17H,4-9H2,1-3H3,(H,19,20)/t13-,17+/m1/s1. The van der Waals surface area contributed by atoms with Crippen molar-refractivity contribution in [2.75, 3.05) is 0 Å². The predicted molar refractivity (Wildman–Crippen MR) is 85.7 cm³/mol. The summed E-state index contributed by atoms with van der Waals surface area (Å²) >= 11 is 0. The van der Waals surface area contributed by atoms with Gasteiger partial charge in [-0.05, 0) is 68.7 Å². The molecule has 0 saturated heterocycles. The lowest BCUT2D eigenvalue weighted by Crippen LogP contribution is -2.42. The molecule has 0 aromatic heterocycles. The van der Waals surface area contributed by atoms with Gasteiger partial charge in [-0.2, -0.15) is 0 Å². The molecule has 0 unspecified atom stereocenters. The average Bonchev–Trinajstić information content (AvgIpc) is 2.52. The second-order valence-corrected chi connectivity index (χ2v) is 5.97. The van der Waals surface area contributed by atoms with Crippen LogP contribution in [0.3, 0.4) is 0 Å². The summed E-state index contributed by atoms with van der Waals surface area (Å²) in [5.41, 5.74) is 2.82. The molecule has 1 aliphatic carbocycles. The van der Waals surface area contributed by atoms with Crippen molar-refractivity contribution < 1.29 is 9.53 Å². The maximum Gasteiger partial charge on any atom is 0.261 e. The molecule has 0 heterocycles. The quantitative estimate of drug-likeness (QED) is 0.868. The van der Waals surface area contributed by atoms with Crippen molar-refractivity contribution in [3.63, 3.8) is 0 Å². The molecule has 0 spiro atoms. The summed E-state index contributed by atoms with van der Waals surface area (Å²) in [4.78, 5) is 12.2. The van der Waals surface area contributed by atoms with Gasteiger partial charge in [-0.3, -0.25) is 4.79 Å². The summed E-state index contributed by atoms with van der Waals surface area (Å²) < 4.78 is 5.92. The van der Waals surface area contributed by atoms with Crippen LogP contribution in [0.5, 0.6) is 5.75 Å². The van der Waals surface area contributed by atoms with E-state index in [4.69, 9.17) is 4.74 Å². The third-order valence-electron chi connectivity index (χ3n) is 4.26. The van der Waals surface area contributed by atoms with Crippen LogP contribution in [0, 0.1) is 0 Å². The highest BCUT2D eigenvalue weighted by Crippen LogP contribution is 2.26. The Morgan fingerprint density at radius 3 is 2.57 bits per heavy atom. The van der Waals surface area contributed by atoms with Crippen molar-refractivity contribution >= 4 is 5.91 Å². The molecule has 21 heavy (non-hydrogen) atoms. The number of hydrogen-bond acceptors (Lipinski definition) is 2. The lowest BCUT2D eigenvalue weighted by Gasteiger charge is -2.21. The second-order valence-electron chi connectivity index (χ2n) is 5.97. The fraction of sp³-hybridized carbons (Fsp3) is 0.611. The molecule has 0 bridgehead atoms. The molecule has 0 aliphatic heterocycles. The van der Waals surface area contributed by atoms with E-state index in [1.165, 1.54) is 30.4 Å². The van der Waals surface area contributed by atoms with Crippen molar-refractivity contribution in [2.45, 2.75) is 71.4 Å². The summed E-state index contributed by atoms with van der Waals surface area (Å²) in [5, 5.41) is 3.00. The summed E-state index contributed by atoms with van der Waals surface area (Å²) in [6.45, 7) is 6.07. The van der Waals surface area contributed by atoms with Gasteiger partial charge in [0.05, 0.1) is 0 Å². The van der Waals surface area contributed by atoms with E-state index in [-0.39, 0.29) is 11.9 Å². The molecular weight excluding hydrogens is 262 g/mol. The Kier molecular flexibility index (Phi) is 5.66. The number of fused-ring (bicyclic) bond motifs is 1. The number of benzene rings is 1. The Balaban J connectivity index is 2.02. The van der Waals surface area contributed by atoms with Crippen molar-refractivity contribution in [1.82, 2.24) is 5.32 Å². The number of carbonyl (C=O) groups excluding carboxylic acids is 1. The zero-order valence-corrected chi connectivity index (χ0v) is 13.4. The highest BCUT2D eigenvalue weighted by Gasteiger charge is 2.20. The van der Waals surface area contributed by atoms with Crippen LogP contribution < -0.4 is 10.1 Å². The lowest BCUT2D eigenvalue weighted by atomic mass is 9.92. The molecule has 1 aliphatic rings. The maximum absolute atomic E-state index is 12.2. The first-order valence-electron chi connectivity index (χ1n) is 8.22. The number of ether oxygens (including phenoxy) is 1. The van der Waals surface area contributed by atoms with E-state index in [2.05, 4.69) is 24.4 Å². The molecule has 1 amide bonds. The van der Waals surface area contributed by atoms with Crippen molar-refractivity contribution in [3.05, 3.63) is 29.3 Å². The van der Waals surface area contributed by atoms with Gasteiger partial charge < -0.3 is 10.1 Å². The van der Waals surface area contributed by atoms with Crippen LogP contribution in [0.1, 0.15) is 57.6 Å². The Morgan fingerprint density at radius 2 is 1.90 bits per heavy atom. The van der Waals surface area contributed by atoms with E-state index in [1.54, 1.807) is 0 Å². The first-order chi connectivity index (χ1) is 10.1. The molecule has 116 valence electrons. The zero-order chi connectivity index (χ0) is 15.2. The lowest BCUT2D eigenvalue weighted by molar-refractivity contribution is -0.128. The summed E-state index contributed by atoms with van der Waals surface area (Å²) in [7, 11) is 0. The van der Waals surface area contributed by atoms with Gasteiger partial charge in [-0.25, -0.2) is 0 Å². The smallest absolute Gasteiger partial charge is 0.261 e. The molecule has 3 heteroatoms. The largest absolute Gasteiger partial charge is 0.481 e. The van der Waals surface area contributed by atoms with E-state index in [0.29, 0.717) is 6.42 Å². The number of nitrogens with one attached hydrogen (secondary N) is 1. The minimum absolute atomic E-state index is 0.00966. The topological polar surface area (TPSA) is 38.3 Å². The maximum atomic E-state index is 12.2. The molecule has 0 radical (unpaired) electrons. The number of rotatable bonds is 6. The van der Waals surface area contributed by atoms with Gasteiger partial charge in [-0.15, -0.1) is 0 Å². The van der Waals surface area contributed by atoms with Crippen molar-refractivity contribution in [1.29, 1.82) is 0 Å². The average molecular weight is 289 g/mol. The summed E-state index contributed by atoms with van der Waals surface area (Å²) in [5.74, 6) is 0.811. The minimum Gasteiger partial charge on any atom is -0.481 e. The minimum atomic E-state index is -0.402. The van der Waals surface area contributed by atoms with Crippen LogP contribution in [0.25, 0.3) is 0 Å². The molecule has 0 saturated carbocycles. The highest BCUT2D eigenvalue weighted by atomic mass is 16.5. The Hall–Kier alpha value is -1.51. The van der Waals surface area contributed by atoms with Gasteiger partial charge in [0, 0.05) is 6.04 Å². The molecule has 1 aromatic rings. The fourth-order valence-corrected chi connectivity index (χ4v) is 2.71. The second kappa shape index (κ2) is 7.48. The Labute approximate surface area is 128 Å². The molecule has 2 atom stereocenters. The molecular formula is C18H27NO2. The van der Waals surface area contributed by atoms with Crippen LogP contribution in [-0.4, -0.2) is 18.1 Å². The SMILES string of the molecule is CC[C@@H](C)NC(=O)[C@H](CC)Oc1ccc2c(c1)CCCC2. The number of aryl methyl sites for hydroxylation is 2. The first kappa shape index (κ1) is 15.9. The highest BCUT2D eigenvalue weighted by molar-refractivity contribution is 5.81. The van der Waals surface area contributed by atoms with Gasteiger partial charge in [0.25, 0.3) is 5.91 Å². The van der Waals surface area contributed by atoms with Gasteiger partial charge in [-0.1, -0.05) is 19.9 Å². The van der Waals surface area contributed by atoms with Gasteiger partial charge in [0.1, 0.15) is 5.75 Å². The predicted octanol–water partition coefficient (Wildman–Crippen LogP) is 3.64. The van der Waals surface area contributed by atoms with Gasteiger partial charge in [0.15, 0.2) is 6.10 Å². The first-order valence-corrected chi connectivity index (χ1v) is 8.22. The van der Waals surface area contributed by atoms with Crippen LogP contribution in [0.2, 0.25) is 0 Å². The molecule has 1 aromatic carbocycles. The van der Waals surface area contributed by atoms with E-state index in [0.717, 1.165) is 18.6 Å². The van der Waals surface area contributed by atoms with E-state index >= 15 is 0 Å². The van der Waals surface area contributed by atoms with Crippen molar-refractivity contribution in [2.24, 2.45) is 0 Å². The molecule has 0 fully saturated rings. The number of hydrogen-bond donors (Lipinski definition) is 1. The third-order valence-corrected chi connectivity index (χ3v) is 4.26. The van der Waals surface area contributed by atoms with E-state index in [1.807, 2.05) is 19.9 Å². The zero-order valence-electron chi connectivity index (χ0n) is 13.4. The molecule has 3 nitrogen and oxygen atoms in total. The monoisotopic (exact) mass is 289 g/mol. The molecule has 2 rings (SSSR count). The summed E-state index contributed by atoms with van der Waals surface area (Å²) in [6.07, 6.45) is 6.04. The number of carbonyl (C=O) groups is 1. The number of amides is 1. The van der Waals surface area contributed by atoms with Crippen LogP contribution in [-0.2, 0) is 17.6 Å². The third kappa shape index (κ3) is 4.23. The Morgan fingerprint density at radius 1 is 1.19 bits per heavy atom.